The van der Waals surface area contributed by atoms with Gasteiger partial charge in [-0.1, -0.05) is 13.8 Å². The number of methoxy groups -OCH3 is 1. The van der Waals surface area contributed by atoms with Gasteiger partial charge in [0.2, 0.25) is 0 Å². The van der Waals surface area contributed by atoms with Crippen LogP contribution in [-0.2, 0) is 13.0 Å². The van der Waals surface area contributed by atoms with Gasteiger partial charge in [0.1, 0.15) is 0 Å². The molecule has 3 heterocycles. The van der Waals surface area contributed by atoms with E-state index in [0.717, 1.165) is 17.9 Å². The molecule has 1 aliphatic heterocycles. The van der Waals surface area contributed by atoms with Gasteiger partial charge in [0.15, 0.2) is 5.75 Å². The van der Waals surface area contributed by atoms with Gasteiger partial charge >= 0.3 is 0 Å². The molecule has 0 bridgehead atoms. The van der Waals surface area contributed by atoms with Crippen molar-refractivity contribution >= 4 is 5.69 Å². The van der Waals surface area contributed by atoms with Gasteiger partial charge in [0.25, 0.3) is 11.4 Å². The summed E-state index contributed by atoms with van der Waals surface area (Å²) in [7, 11) is 1.45. The molecule has 2 aromatic heterocycles. The predicted octanol–water partition coefficient (Wildman–Crippen LogP) is 1.47. The van der Waals surface area contributed by atoms with Crippen LogP contribution in [0.2, 0.25) is 0 Å². The van der Waals surface area contributed by atoms with Crippen LogP contribution in [0, 0.1) is 0 Å². The van der Waals surface area contributed by atoms with Crippen molar-refractivity contribution in [1.82, 2.24) is 15.0 Å². The molecule has 0 aliphatic carbocycles. The van der Waals surface area contributed by atoms with E-state index in [2.05, 4.69) is 15.0 Å². The summed E-state index contributed by atoms with van der Waals surface area (Å²) in [4.78, 5) is 24.6. The van der Waals surface area contributed by atoms with Gasteiger partial charge in [-0.05, 0) is 0 Å². The van der Waals surface area contributed by atoms with E-state index in [0.29, 0.717) is 18.5 Å². The minimum atomic E-state index is -0.120. The van der Waals surface area contributed by atoms with Crippen molar-refractivity contribution in [3.8, 4) is 11.6 Å². The Hall–Kier alpha value is -2.57. The summed E-state index contributed by atoms with van der Waals surface area (Å²) in [5, 5.41) is 9.78. The first-order valence-electron chi connectivity index (χ1n) is 7.22. The molecule has 118 valence electrons. The fourth-order valence-corrected chi connectivity index (χ4v) is 2.33. The summed E-state index contributed by atoms with van der Waals surface area (Å²) >= 11 is 0. The van der Waals surface area contributed by atoms with E-state index in [4.69, 9.17) is 4.74 Å². The average molecular weight is 304 g/mol. The molecule has 2 N–H and O–H groups in total. The number of rotatable bonds is 2. The van der Waals surface area contributed by atoms with Crippen LogP contribution < -0.4 is 15.2 Å². The Kier molecular flexibility index (Phi) is 4.98. The number of nitrogens with one attached hydrogen (secondary N) is 1. The van der Waals surface area contributed by atoms with E-state index in [1.807, 2.05) is 18.7 Å². The lowest BCUT2D eigenvalue weighted by Gasteiger charge is -2.29. The monoisotopic (exact) mass is 304 g/mol. The van der Waals surface area contributed by atoms with Crippen molar-refractivity contribution in [3.05, 3.63) is 40.2 Å². The first kappa shape index (κ1) is 15.8. The third-order valence-corrected chi connectivity index (χ3v) is 3.38. The van der Waals surface area contributed by atoms with Gasteiger partial charge in [0.05, 0.1) is 43.1 Å². The molecule has 0 spiro atoms. The maximum absolute atomic E-state index is 11.8. The number of pyridine rings is 1. The fraction of sp³-hybridized carbons (Fsp3) is 0.400. The smallest absolute Gasteiger partial charge is 0.256 e. The maximum atomic E-state index is 11.8. The van der Waals surface area contributed by atoms with Crippen LogP contribution in [0.4, 0.5) is 5.69 Å². The molecule has 0 atom stereocenters. The zero-order chi connectivity index (χ0) is 16.1. The predicted molar refractivity (Wildman–Crippen MR) is 83.4 cm³/mol. The number of aromatic amines is 1. The molecule has 0 fully saturated rings. The molecule has 0 aromatic carbocycles. The van der Waals surface area contributed by atoms with Crippen molar-refractivity contribution in [3.63, 3.8) is 0 Å². The average Bonchev–Trinajstić information content (AvgIpc) is 2.57. The Labute approximate surface area is 128 Å². The van der Waals surface area contributed by atoms with E-state index in [1.54, 1.807) is 12.3 Å². The van der Waals surface area contributed by atoms with Crippen molar-refractivity contribution in [1.29, 1.82) is 0 Å². The summed E-state index contributed by atoms with van der Waals surface area (Å²) in [6, 6.07) is 1.58. The number of aromatic nitrogens is 3. The van der Waals surface area contributed by atoms with Crippen molar-refractivity contribution in [2.75, 3.05) is 18.6 Å². The molecule has 2 aromatic rings. The number of fused-ring (bicyclic) bond motifs is 1. The highest BCUT2D eigenvalue weighted by Gasteiger charge is 2.21. The molecule has 22 heavy (non-hydrogen) atoms. The fourth-order valence-electron chi connectivity index (χ4n) is 2.33. The largest absolute Gasteiger partial charge is 0.503 e. The van der Waals surface area contributed by atoms with Crippen molar-refractivity contribution in [2.45, 2.75) is 26.8 Å². The van der Waals surface area contributed by atoms with Gasteiger partial charge in [-0.2, -0.15) is 0 Å². The highest BCUT2D eigenvalue weighted by molar-refractivity contribution is 5.53. The number of nitrogens with zero attached hydrogens (tertiary/aromatic N) is 3. The van der Waals surface area contributed by atoms with Crippen LogP contribution in [0.1, 0.15) is 25.1 Å². The van der Waals surface area contributed by atoms with Gasteiger partial charge in [-0.15, -0.1) is 0 Å². The normalized spacial score (nSPS) is 13.0. The van der Waals surface area contributed by atoms with Gasteiger partial charge in [-0.25, -0.2) is 9.97 Å². The second-order valence-corrected chi connectivity index (χ2v) is 4.55. The standard InChI is InChI=1S/C13H14N4O3.C2H6/c1-20-13-11(18)4-8(5-14-13)17-3-2-10-9(6-17)12(19)16-7-15-10;1-2/h4-5,7,18H,2-3,6H2,1H3,(H,15,16,19);1-2H3. The molecule has 7 heteroatoms. The second-order valence-electron chi connectivity index (χ2n) is 4.55. The van der Waals surface area contributed by atoms with Crippen molar-refractivity contribution in [2.24, 2.45) is 0 Å². The van der Waals surface area contributed by atoms with E-state index in [1.165, 1.54) is 13.4 Å². The lowest BCUT2D eigenvalue weighted by Crippen LogP contribution is -2.35. The Morgan fingerprint density at radius 3 is 2.82 bits per heavy atom. The molecule has 0 saturated heterocycles. The van der Waals surface area contributed by atoms with Gasteiger partial charge in [-0.3, -0.25) is 4.79 Å². The van der Waals surface area contributed by atoms with Crippen LogP contribution in [0.15, 0.2) is 23.4 Å². The molecular weight excluding hydrogens is 284 g/mol. The summed E-state index contributed by atoms with van der Waals surface area (Å²) in [6.45, 7) is 5.17. The molecular formula is C15H20N4O3. The van der Waals surface area contributed by atoms with E-state index >= 15 is 0 Å². The van der Waals surface area contributed by atoms with Crippen LogP contribution in [0.25, 0.3) is 0 Å². The quantitative estimate of drug-likeness (QED) is 0.873. The highest BCUT2D eigenvalue weighted by Crippen LogP contribution is 2.29. The summed E-state index contributed by atoms with van der Waals surface area (Å²) in [5.41, 5.74) is 2.12. The Morgan fingerprint density at radius 1 is 1.36 bits per heavy atom. The first-order chi connectivity index (χ1) is 10.7. The SMILES string of the molecule is CC.COc1ncc(N2CCc3nc[nH]c(=O)c3C2)cc1O. The summed E-state index contributed by atoms with van der Waals surface area (Å²) in [6.07, 6.45) is 3.73. The first-order valence-corrected chi connectivity index (χ1v) is 7.22. The summed E-state index contributed by atoms with van der Waals surface area (Å²) in [5.74, 6) is 0.168. The number of hydrogen-bond acceptors (Lipinski definition) is 6. The molecule has 3 rings (SSSR count). The van der Waals surface area contributed by atoms with Gasteiger partial charge < -0.3 is 19.7 Å². The highest BCUT2D eigenvalue weighted by atomic mass is 16.5. The van der Waals surface area contributed by atoms with E-state index < -0.39 is 0 Å². The van der Waals surface area contributed by atoms with Crippen LogP contribution in [0.3, 0.4) is 0 Å². The molecule has 7 nitrogen and oxygen atoms in total. The Bertz CT molecular complexity index is 699. The zero-order valence-electron chi connectivity index (χ0n) is 13.0. The lowest BCUT2D eigenvalue weighted by atomic mass is 10.1. The molecule has 0 unspecified atom stereocenters. The summed E-state index contributed by atoms with van der Waals surface area (Å²) < 4.78 is 4.92. The third kappa shape index (κ3) is 3.03. The second kappa shape index (κ2) is 6.93. The zero-order valence-corrected chi connectivity index (χ0v) is 13.0. The molecule has 0 radical (unpaired) electrons. The molecule has 0 saturated carbocycles. The van der Waals surface area contributed by atoms with Crippen molar-refractivity contribution < 1.29 is 9.84 Å². The number of anilines is 1. The third-order valence-electron chi connectivity index (χ3n) is 3.38. The lowest BCUT2D eigenvalue weighted by molar-refractivity contribution is 0.358. The Morgan fingerprint density at radius 2 is 2.14 bits per heavy atom. The topological polar surface area (TPSA) is 91.3 Å². The van der Waals surface area contributed by atoms with Crippen LogP contribution in [-0.4, -0.2) is 33.7 Å². The van der Waals surface area contributed by atoms with Gasteiger partial charge in [0, 0.05) is 19.0 Å². The minimum Gasteiger partial charge on any atom is -0.503 e. The minimum absolute atomic E-state index is 0.0177. The van der Waals surface area contributed by atoms with Crippen LogP contribution in [0.5, 0.6) is 11.6 Å². The van der Waals surface area contributed by atoms with Crippen LogP contribution >= 0.6 is 0 Å². The number of aromatic hydroxyl groups is 1. The molecule has 1 aliphatic rings. The number of ether oxygens (including phenoxy) is 1. The van der Waals surface area contributed by atoms with E-state index in [9.17, 15) is 9.90 Å². The number of H-pyrrole nitrogens is 1. The Balaban J connectivity index is 0.000000847. The maximum Gasteiger partial charge on any atom is 0.256 e. The molecule has 0 amide bonds. The number of hydrogen-bond donors (Lipinski definition) is 2. The van der Waals surface area contributed by atoms with E-state index in [-0.39, 0.29) is 17.2 Å².